The predicted octanol–water partition coefficient (Wildman–Crippen LogP) is 2.32. The molecule has 1 heterocycles. The second-order valence-electron chi connectivity index (χ2n) is 6.33. The molecule has 0 bridgehead atoms. The van der Waals surface area contributed by atoms with Gasteiger partial charge in [0.25, 0.3) is 11.8 Å². The zero-order valence-electron chi connectivity index (χ0n) is 15.2. The summed E-state index contributed by atoms with van der Waals surface area (Å²) in [6, 6.07) is 11.3. The molecular weight excluding hydrogens is 346 g/mol. The maximum atomic E-state index is 12.3. The van der Waals surface area contributed by atoms with Crippen LogP contribution in [0.15, 0.2) is 42.6 Å². The number of rotatable bonds is 5. The standard InChI is InChI=1S/C19H19N5O3/c1-12(25)22-14-6-4-13(5-7-14)17(26)23-15-8-9-21-16(10-15)18(27)24-19(2,3)11-20/h4-10H,1-3H3,(H,22,25)(H,24,27)(H,21,23,26). The first-order valence-electron chi connectivity index (χ1n) is 8.09. The number of carbonyl (C=O) groups is 3. The van der Waals surface area contributed by atoms with Crippen LogP contribution in [0.3, 0.4) is 0 Å². The average Bonchev–Trinajstić information content (AvgIpc) is 2.61. The van der Waals surface area contributed by atoms with Crippen molar-refractivity contribution in [1.82, 2.24) is 10.3 Å². The Bertz CT molecular complexity index is 914. The quantitative estimate of drug-likeness (QED) is 0.750. The summed E-state index contributed by atoms with van der Waals surface area (Å²) >= 11 is 0. The number of anilines is 2. The maximum Gasteiger partial charge on any atom is 0.271 e. The normalized spacial score (nSPS) is 10.4. The number of amides is 3. The monoisotopic (exact) mass is 365 g/mol. The zero-order valence-corrected chi connectivity index (χ0v) is 15.2. The molecule has 138 valence electrons. The van der Waals surface area contributed by atoms with E-state index in [1.54, 1.807) is 44.2 Å². The highest BCUT2D eigenvalue weighted by molar-refractivity contribution is 6.05. The smallest absolute Gasteiger partial charge is 0.271 e. The highest BCUT2D eigenvalue weighted by Crippen LogP contribution is 2.14. The van der Waals surface area contributed by atoms with E-state index in [1.807, 2.05) is 6.07 Å². The van der Waals surface area contributed by atoms with Gasteiger partial charge in [-0.2, -0.15) is 5.26 Å². The fourth-order valence-electron chi connectivity index (χ4n) is 2.12. The number of nitriles is 1. The van der Waals surface area contributed by atoms with E-state index in [1.165, 1.54) is 19.2 Å². The molecule has 1 aromatic carbocycles. The summed E-state index contributed by atoms with van der Waals surface area (Å²) in [6.45, 7) is 4.54. The van der Waals surface area contributed by atoms with Crippen LogP contribution in [0, 0.1) is 11.3 Å². The Hall–Kier alpha value is -3.73. The lowest BCUT2D eigenvalue weighted by Crippen LogP contribution is -2.42. The van der Waals surface area contributed by atoms with Crippen molar-refractivity contribution >= 4 is 29.1 Å². The number of pyridine rings is 1. The Kier molecular flexibility index (Phi) is 5.88. The lowest BCUT2D eigenvalue weighted by molar-refractivity contribution is -0.114. The van der Waals surface area contributed by atoms with E-state index in [4.69, 9.17) is 5.26 Å². The molecule has 0 fully saturated rings. The molecule has 27 heavy (non-hydrogen) atoms. The third-order valence-electron chi connectivity index (χ3n) is 3.42. The van der Waals surface area contributed by atoms with Gasteiger partial charge in [-0.1, -0.05) is 0 Å². The molecular formula is C19H19N5O3. The van der Waals surface area contributed by atoms with Crippen molar-refractivity contribution in [2.45, 2.75) is 26.3 Å². The molecule has 3 amide bonds. The van der Waals surface area contributed by atoms with E-state index >= 15 is 0 Å². The summed E-state index contributed by atoms with van der Waals surface area (Å²) < 4.78 is 0. The first-order chi connectivity index (χ1) is 12.7. The first-order valence-corrected chi connectivity index (χ1v) is 8.09. The second-order valence-corrected chi connectivity index (χ2v) is 6.33. The van der Waals surface area contributed by atoms with Crippen LogP contribution in [-0.4, -0.2) is 28.2 Å². The van der Waals surface area contributed by atoms with Gasteiger partial charge >= 0.3 is 0 Å². The Morgan fingerprint density at radius 2 is 1.67 bits per heavy atom. The van der Waals surface area contributed by atoms with E-state index in [9.17, 15) is 14.4 Å². The number of benzene rings is 1. The minimum Gasteiger partial charge on any atom is -0.333 e. The Balaban J connectivity index is 2.09. The molecule has 3 N–H and O–H groups in total. The molecule has 0 atom stereocenters. The van der Waals surface area contributed by atoms with Gasteiger partial charge in [0.15, 0.2) is 0 Å². The molecule has 2 aromatic rings. The Morgan fingerprint density at radius 1 is 1.00 bits per heavy atom. The largest absolute Gasteiger partial charge is 0.333 e. The molecule has 0 spiro atoms. The fourth-order valence-corrected chi connectivity index (χ4v) is 2.12. The first kappa shape index (κ1) is 19.6. The molecule has 0 unspecified atom stereocenters. The Morgan fingerprint density at radius 3 is 2.26 bits per heavy atom. The molecule has 0 aliphatic heterocycles. The topological polar surface area (TPSA) is 124 Å². The van der Waals surface area contributed by atoms with Gasteiger partial charge in [-0.05, 0) is 50.2 Å². The van der Waals surface area contributed by atoms with Crippen molar-refractivity contribution in [3.63, 3.8) is 0 Å². The van der Waals surface area contributed by atoms with Gasteiger partial charge in [-0.15, -0.1) is 0 Å². The van der Waals surface area contributed by atoms with Gasteiger partial charge in [0, 0.05) is 30.1 Å². The average molecular weight is 365 g/mol. The van der Waals surface area contributed by atoms with Crippen LogP contribution in [0.1, 0.15) is 41.6 Å². The van der Waals surface area contributed by atoms with Gasteiger partial charge in [0.05, 0.1) is 6.07 Å². The van der Waals surface area contributed by atoms with E-state index in [-0.39, 0.29) is 17.5 Å². The van der Waals surface area contributed by atoms with Crippen molar-refractivity contribution in [3.05, 3.63) is 53.9 Å². The van der Waals surface area contributed by atoms with Crippen molar-refractivity contribution in [2.75, 3.05) is 10.6 Å². The number of nitrogens with zero attached hydrogens (tertiary/aromatic N) is 2. The van der Waals surface area contributed by atoms with Crippen LogP contribution in [0.2, 0.25) is 0 Å². The third kappa shape index (κ3) is 5.64. The lowest BCUT2D eigenvalue weighted by Gasteiger charge is -2.17. The molecule has 0 aliphatic rings. The highest BCUT2D eigenvalue weighted by Gasteiger charge is 2.21. The number of aromatic nitrogens is 1. The van der Waals surface area contributed by atoms with Crippen molar-refractivity contribution in [3.8, 4) is 6.07 Å². The third-order valence-corrected chi connectivity index (χ3v) is 3.42. The number of hydrogen-bond donors (Lipinski definition) is 3. The minimum absolute atomic E-state index is 0.0807. The van der Waals surface area contributed by atoms with E-state index in [0.29, 0.717) is 16.9 Å². The van der Waals surface area contributed by atoms with Crippen LogP contribution < -0.4 is 16.0 Å². The Labute approximate surface area is 156 Å². The van der Waals surface area contributed by atoms with Gasteiger partial charge in [-0.3, -0.25) is 19.4 Å². The SMILES string of the molecule is CC(=O)Nc1ccc(C(=O)Nc2ccnc(C(=O)NC(C)(C)C#N)c2)cc1. The summed E-state index contributed by atoms with van der Waals surface area (Å²) in [7, 11) is 0. The van der Waals surface area contributed by atoms with Crippen LogP contribution in [-0.2, 0) is 4.79 Å². The number of nitrogens with one attached hydrogen (secondary N) is 3. The molecule has 2 rings (SSSR count). The van der Waals surface area contributed by atoms with E-state index in [2.05, 4.69) is 20.9 Å². The number of carbonyl (C=O) groups excluding carboxylic acids is 3. The molecule has 0 radical (unpaired) electrons. The second kappa shape index (κ2) is 8.10. The minimum atomic E-state index is -1.03. The van der Waals surface area contributed by atoms with E-state index < -0.39 is 11.4 Å². The van der Waals surface area contributed by atoms with Crippen molar-refractivity contribution in [1.29, 1.82) is 5.26 Å². The lowest BCUT2D eigenvalue weighted by atomic mass is 10.1. The van der Waals surface area contributed by atoms with Gasteiger partial charge < -0.3 is 16.0 Å². The van der Waals surface area contributed by atoms with Crippen molar-refractivity contribution in [2.24, 2.45) is 0 Å². The summed E-state index contributed by atoms with van der Waals surface area (Å²) in [5.74, 6) is -1.09. The molecule has 0 saturated carbocycles. The summed E-state index contributed by atoms with van der Waals surface area (Å²) in [5.41, 5.74) is 0.408. The van der Waals surface area contributed by atoms with Crippen LogP contribution in [0.25, 0.3) is 0 Å². The summed E-state index contributed by atoms with van der Waals surface area (Å²) in [5, 5.41) is 16.8. The van der Waals surface area contributed by atoms with Gasteiger partial charge in [0.2, 0.25) is 5.91 Å². The van der Waals surface area contributed by atoms with Gasteiger partial charge in [-0.25, -0.2) is 0 Å². The van der Waals surface area contributed by atoms with Crippen LogP contribution >= 0.6 is 0 Å². The summed E-state index contributed by atoms with van der Waals surface area (Å²) in [4.78, 5) is 39.5. The zero-order chi connectivity index (χ0) is 20.0. The summed E-state index contributed by atoms with van der Waals surface area (Å²) in [6.07, 6.45) is 1.39. The molecule has 0 saturated heterocycles. The molecule has 1 aromatic heterocycles. The van der Waals surface area contributed by atoms with Crippen LogP contribution in [0.4, 0.5) is 11.4 Å². The number of hydrogen-bond acceptors (Lipinski definition) is 5. The highest BCUT2D eigenvalue weighted by atomic mass is 16.2. The molecule has 0 aliphatic carbocycles. The van der Waals surface area contributed by atoms with Crippen LogP contribution in [0.5, 0.6) is 0 Å². The molecule has 8 heteroatoms. The molecule has 8 nitrogen and oxygen atoms in total. The van der Waals surface area contributed by atoms with Crippen molar-refractivity contribution < 1.29 is 14.4 Å². The fraction of sp³-hybridized carbons (Fsp3) is 0.211. The maximum absolute atomic E-state index is 12.3. The predicted molar refractivity (Wildman–Crippen MR) is 100 cm³/mol. The van der Waals surface area contributed by atoms with Gasteiger partial charge in [0.1, 0.15) is 11.2 Å². The van der Waals surface area contributed by atoms with E-state index in [0.717, 1.165) is 0 Å².